The first-order valence-corrected chi connectivity index (χ1v) is 9.03. The Morgan fingerprint density at radius 2 is 1.88 bits per heavy atom. The van der Waals surface area contributed by atoms with Crippen molar-refractivity contribution in [1.29, 1.82) is 0 Å². The third-order valence-electron chi connectivity index (χ3n) is 3.83. The molecule has 1 aromatic heterocycles. The van der Waals surface area contributed by atoms with Crippen molar-refractivity contribution in [2.75, 3.05) is 6.54 Å². The van der Waals surface area contributed by atoms with Gasteiger partial charge in [0, 0.05) is 12.0 Å². The Morgan fingerprint density at radius 1 is 1.24 bits per heavy atom. The van der Waals surface area contributed by atoms with Gasteiger partial charge < -0.3 is 10.4 Å². The highest BCUT2D eigenvalue weighted by molar-refractivity contribution is 7.14. The summed E-state index contributed by atoms with van der Waals surface area (Å²) in [6, 6.07) is 9.42. The first kappa shape index (κ1) is 19.1. The van der Waals surface area contributed by atoms with Crippen molar-refractivity contribution >= 4 is 23.2 Å². The molecule has 134 valence electrons. The van der Waals surface area contributed by atoms with E-state index in [1.165, 1.54) is 11.3 Å². The first-order valence-electron chi connectivity index (χ1n) is 8.21. The van der Waals surface area contributed by atoms with Crippen LogP contribution in [0.3, 0.4) is 0 Å². The van der Waals surface area contributed by atoms with E-state index in [2.05, 4.69) is 10.3 Å². The number of carboxylic acid groups (broad SMARTS) is 1. The number of aromatic nitrogens is 1. The third kappa shape index (κ3) is 5.13. The molecule has 1 atom stereocenters. The van der Waals surface area contributed by atoms with Crippen molar-refractivity contribution < 1.29 is 14.7 Å². The smallest absolute Gasteiger partial charge is 0.308 e. The molecule has 25 heavy (non-hydrogen) atoms. The zero-order valence-corrected chi connectivity index (χ0v) is 15.8. The number of carbonyl (C=O) groups excluding carboxylic acids is 1. The van der Waals surface area contributed by atoms with Crippen molar-refractivity contribution in [3.63, 3.8) is 0 Å². The molecule has 2 N–H and O–H groups in total. The number of carbonyl (C=O) groups is 2. The Labute approximate surface area is 152 Å². The maximum absolute atomic E-state index is 12.5. The van der Waals surface area contributed by atoms with Gasteiger partial charge in [-0.15, -0.1) is 11.3 Å². The van der Waals surface area contributed by atoms with Gasteiger partial charge in [0.05, 0.1) is 16.6 Å². The number of aryl methyl sites for hydroxylation is 1. The molecular formula is C19H24N2O3S. The van der Waals surface area contributed by atoms with Gasteiger partial charge in [0.2, 0.25) is 0 Å². The zero-order chi connectivity index (χ0) is 18.6. The summed E-state index contributed by atoms with van der Waals surface area (Å²) >= 11 is 1.37. The molecule has 1 unspecified atom stereocenters. The summed E-state index contributed by atoms with van der Waals surface area (Å²) in [6.45, 7) is 8.04. The van der Waals surface area contributed by atoms with Gasteiger partial charge in [-0.3, -0.25) is 9.59 Å². The lowest BCUT2D eigenvalue weighted by Crippen LogP contribution is -2.34. The molecule has 0 aliphatic carbocycles. The molecule has 0 fully saturated rings. The standard InChI is InChI=1S/C19H24N2O3S/c1-12-15(25-18(21-12)19(2,3)4)16(22)20-11-14(17(23)24)10-13-8-6-5-7-9-13/h5-9,14H,10-11H2,1-4H3,(H,20,22)(H,23,24). The molecule has 0 bridgehead atoms. The van der Waals surface area contributed by atoms with Crippen molar-refractivity contribution in [3.05, 3.63) is 51.5 Å². The zero-order valence-electron chi connectivity index (χ0n) is 15.0. The van der Waals surface area contributed by atoms with E-state index in [4.69, 9.17) is 0 Å². The van der Waals surface area contributed by atoms with Gasteiger partial charge in [0.15, 0.2) is 0 Å². The van der Waals surface area contributed by atoms with E-state index >= 15 is 0 Å². The second-order valence-corrected chi connectivity index (χ2v) is 8.12. The number of nitrogens with zero attached hydrogens (tertiary/aromatic N) is 1. The Bertz CT molecular complexity index is 748. The fraction of sp³-hybridized carbons (Fsp3) is 0.421. The second-order valence-electron chi connectivity index (χ2n) is 7.12. The van der Waals surface area contributed by atoms with Crippen molar-refractivity contribution in [3.8, 4) is 0 Å². The topological polar surface area (TPSA) is 79.3 Å². The van der Waals surface area contributed by atoms with Crippen LogP contribution in [0, 0.1) is 12.8 Å². The Kier molecular flexibility index (Phi) is 5.95. The highest BCUT2D eigenvalue weighted by atomic mass is 32.1. The predicted molar refractivity (Wildman–Crippen MR) is 99.2 cm³/mol. The number of rotatable bonds is 6. The van der Waals surface area contributed by atoms with E-state index in [1.54, 1.807) is 6.92 Å². The molecule has 0 spiro atoms. The van der Waals surface area contributed by atoms with Crippen LogP contribution in [0.15, 0.2) is 30.3 Å². The number of hydrogen-bond donors (Lipinski definition) is 2. The predicted octanol–water partition coefficient (Wildman–Crippen LogP) is 3.42. The van der Waals surface area contributed by atoms with Gasteiger partial charge in [0.25, 0.3) is 5.91 Å². The monoisotopic (exact) mass is 360 g/mol. The highest BCUT2D eigenvalue weighted by Crippen LogP contribution is 2.29. The van der Waals surface area contributed by atoms with E-state index in [0.717, 1.165) is 10.6 Å². The third-order valence-corrected chi connectivity index (χ3v) is 5.41. The second kappa shape index (κ2) is 7.78. The van der Waals surface area contributed by atoms with Crippen LogP contribution in [0.5, 0.6) is 0 Å². The van der Waals surface area contributed by atoms with E-state index in [0.29, 0.717) is 17.0 Å². The maximum Gasteiger partial charge on any atom is 0.308 e. The summed E-state index contributed by atoms with van der Waals surface area (Å²) in [5.74, 6) is -1.84. The number of hydrogen-bond acceptors (Lipinski definition) is 4. The molecular weight excluding hydrogens is 336 g/mol. The molecule has 1 heterocycles. The average molecular weight is 360 g/mol. The van der Waals surface area contributed by atoms with Gasteiger partial charge in [-0.1, -0.05) is 51.1 Å². The SMILES string of the molecule is Cc1nc(C(C)(C)C)sc1C(=O)NCC(Cc1ccccc1)C(=O)O. The molecule has 0 saturated heterocycles. The van der Waals surface area contributed by atoms with Crippen molar-refractivity contribution in [2.45, 2.75) is 39.5 Å². The average Bonchev–Trinajstić information content (AvgIpc) is 2.94. The Balaban J connectivity index is 2.04. The van der Waals surface area contributed by atoms with E-state index in [9.17, 15) is 14.7 Å². The van der Waals surface area contributed by atoms with Crippen LogP contribution in [0.25, 0.3) is 0 Å². The Morgan fingerprint density at radius 3 is 2.40 bits per heavy atom. The molecule has 0 aliphatic rings. The van der Waals surface area contributed by atoms with Gasteiger partial charge in [-0.05, 0) is 18.9 Å². The van der Waals surface area contributed by atoms with Crippen LogP contribution in [0.4, 0.5) is 0 Å². The molecule has 0 aliphatic heterocycles. The van der Waals surface area contributed by atoms with Crippen molar-refractivity contribution in [2.24, 2.45) is 5.92 Å². The largest absolute Gasteiger partial charge is 0.481 e. The minimum absolute atomic E-state index is 0.0885. The number of thiazole rings is 1. The number of benzene rings is 1. The molecule has 6 heteroatoms. The minimum Gasteiger partial charge on any atom is -0.481 e. The maximum atomic E-state index is 12.5. The summed E-state index contributed by atoms with van der Waals surface area (Å²) < 4.78 is 0. The van der Waals surface area contributed by atoms with Gasteiger partial charge in [-0.25, -0.2) is 4.98 Å². The van der Waals surface area contributed by atoms with Crippen LogP contribution in [-0.2, 0) is 16.6 Å². The molecule has 5 nitrogen and oxygen atoms in total. The Hall–Kier alpha value is -2.21. The highest BCUT2D eigenvalue weighted by Gasteiger charge is 2.24. The molecule has 1 amide bonds. The number of aliphatic carboxylic acids is 1. The molecule has 2 rings (SSSR count). The molecule has 1 aromatic carbocycles. The molecule has 0 saturated carbocycles. The van der Waals surface area contributed by atoms with Crippen LogP contribution in [0.1, 0.15) is 46.7 Å². The van der Waals surface area contributed by atoms with E-state index in [1.807, 2.05) is 51.1 Å². The number of carboxylic acids is 1. The quantitative estimate of drug-likeness (QED) is 0.827. The van der Waals surface area contributed by atoms with E-state index in [-0.39, 0.29) is 17.9 Å². The summed E-state index contributed by atoms with van der Waals surface area (Å²) in [6.07, 6.45) is 0.380. The lowest BCUT2D eigenvalue weighted by Gasteiger charge is -2.14. The van der Waals surface area contributed by atoms with Crippen LogP contribution in [0.2, 0.25) is 0 Å². The normalized spacial score (nSPS) is 12.6. The van der Waals surface area contributed by atoms with Crippen LogP contribution < -0.4 is 5.32 Å². The van der Waals surface area contributed by atoms with Gasteiger partial charge >= 0.3 is 5.97 Å². The summed E-state index contributed by atoms with van der Waals surface area (Å²) in [5.41, 5.74) is 1.50. The summed E-state index contributed by atoms with van der Waals surface area (Å²) in [7, 11) is 0. The number of amides is 1. The minimum atomic E-state index is -0.916. The van der Waals surface area contributed by atoms with Crippen LogP contribution in [-0.4, -0.2) is 28.5 Å². The van der Waals surface area contributed by atoms with Gasteiger partial charge in [0.1, 0.15) is 4.88 Å². The van der Waals surface area contributed by atoms with Crippen LogP contribution >= 0.6 is 11.3 Å². The van der Waals surface area contributed by atoms with Crippen molar-refractivity contribution in [1.82, 2.24) is 10.3 Å². The summed E-state index contributed by atoms with van der Waals surface area (Å²) in [5, 5.41) is 13.1. The lowest BCUT2D eigenvalue weighted by atomic mass is 9.98. The first-order chi connectivity index (χ1) is 11.7. The fourth-order valence-corrected chi connectivity index (χ4v) is 3.41. The lowest BCUT2D eigenvalue weighted by molar-refractivity contribution is -0.141. The fourth-order valence-electron chi connectivity index (χ4n) is 2.37. The van der Waals surface area contributed by atoms with Gasteiger partial charge in [-0.2, -0.15) is 0 Å². The van der Waals surface area contributed by atoms with E-state index < -0.39 is 11.9 Å². The molecule has 0 radical (unpaired) electrons. The molecule has 2 aromatic rings. The summed E-state index contributed by atoms with van der Waals surface area (Å²) in [4.78, 5) is 29.0. The number of nitrogens with one attached hydrogen (secondary N) is 1.